The second-order valence-electron chi connectivity index (χ2n) is 7.75. The molecule has 10 heteroatoms. The Morgan fingerprint density at radius 3 is 2.25 bits per heavy atom. The minimum atomic E-state index is -3.68. The summed E-state index contributed by atoms with van der Waals surface area (Å²) in [5, 5.41) is 2.72. The normalized spacial score (nSPS) is 14.9. The molecule has 2 amide bonds. The smallest absolute Gasteiger partial charge is 0.253 e. The van der Waals surface area contributed by atoms with Crippen LogP contribution in [0.5, 0.6) is 0 Å². The monoisotopic (exact) mass is 462 g/mol. The van der Waals surface area contributed by atoms with Crippen molar-refractivity contribution in [2.45, 2.75) is 18.7 Å². The number of nitrogens with one attached hydrogen (secondary N) is 2. The van der Waals surface area contributed by atoms with Crippen LogP contribution in [0.25, 0.3) is 0 Å². The van der Waals surface area contributed by atoms with E-state index in [-0.39, 0.29) is 29.1 Å². The SMILES string of the molecule is CNS(=O)(=O)c1cc(C(=O)N2CCN(CC(=O)Nc3ccc(F)cc3)CC2)cc(C)c1C. The van der Waals surface area contributed by atoms with Crippen molar-refractivity contribution in [1.29, 1.82) is 0 Å². The predicted octanol–water partition coefficient (Wildman–Crippen LogP) is 1.75. The highest BCUT2D eigenvalue weighted by Gasteiger charge is 2.26. The van der Waals surface area contributed by atoms with E-state index in [0.717, 1.165) is 5.56 Å². The zero-order chi connectivity index (χ0) is 23.5. The summed E-state index contributed by atoms with van der Waals surface area (Å²) in [5.41, 5.74) is 2.17. The number of hydrogen-bond acceptors (Lipinski definition) is 5. The molecule has 0 bridgehead atoms. The molecule has 2 N–H and O–H groups in total. The molecule has 0 spiro atoms. The number of amides is 2. The second-order valence-corrected chi connectivity index (χ2v) is 9.60. The van der Waals surface area contributed by atoms with Gasteiger partial charge in [0, 0.05) is 37.4 Å². The Morgan fingerprint density at radius 2 is 1.66 bits per heavy atom. The van der Waals surface area contributed by atoms with Crippen LogP contribution in [-0.4, -0.2) is 69.8 Å². The molecule has 0 radical (unpaired) electrons. The maximum absolute atomic E-state index is 13.0. The van der Waals surface area contributed by atoms with E-state index in [2.05, 4.69) is 10.0 Å². The van der Waals surface area contributed by atoms with Gasteiger partial charge in [0.15, 0.2) is 0 Å². The van der Waals surface area contributed by atoms with Crippen molar-refractivity contribution in [3.63, 3.8) is 0 Å². The van der Waals surface area contributed by atoms with Crippen molar-refractivity contribution in [2.75, 3.05) is 45.1 Å². The quantitative estimate of drug-likeness (QED) is 0.682. The van der Waals surface area contributed by atoms with Gasteiger partial charge in [-0.2, -0.15) is 0 Å². The predicted molar refractivity (Wildman–Crippen MR) is 120 cm³/mol. The number of piperazine rings is 1. The van der Waals surface area contributed by atoms with Gasteiger partial charge in [-0.05, 0) is 68.4 Å². The summed E-state index contributed by atoms with van der Waals surface area (Å²) < 4.78 is 39.9. The highest BCUT2D eigenvalue weighted by molar-refractivity contribution is 7.89. The van der Waals surface area contributed by atoms with Crippen LogP contribution in [0, 0.1) is 19.7 Å². The molecule has 2 aromatic carbocycles. The molecule has 2 aromatic rings. The first-order valence-electron chi connectivity index (χ1n) is 10.2. The largest absolute Gasteiger partial charge is 0.336 e. The first kappa shape index (κ1) is 23.8. The van der Waals surface area contributed by atoms with Crippen LogP contribution in [0.3, 0.4) is 0 Å². The standard InChI is InChI=1S/C22H27FN4O4S/c1-15-12-17(13-20(16(15)2)32(30,31)24-3)22(29)27-10-8-26(9-11-27)14-21(28)25-19-6-4-18(23)5-7-19/h4-7,12-13,24H,8-11,14H2,1-3H3,(H,25,28). The summed E-state index contributed by atoms with van der Waals surface area (Å²) in [6.45, 7) is 5.51. The van der Waals surface area contributed by atoms with Crippen molar-refractivity contribution in [2.24, 2.45) is 0 Å². The molecule has 1 aliphatic heterocycles. The molecule has 0 aromatic heterocycles. The number of nitrogens with zero attached hydrogens (tertiary/aromatic N) is 2. The van der Waals surface area contributed by atoms with Gasteiger partial charge in [-0.1, -0.05) is 0 Å². The zero-order valence-corrected chi connectivity index (χ0v) is 19.1. The van der Waals surface area contributed by atoms with Gasteiger partial charge < -0.3 is 10.2 Å². The van der Waals surface area contributed by atoms with Gasteiger partial charge in [0.25, 0.3) is 5.91 Å². The lowest BCUT2D eigenvalue weighted by atomic mass is 10.0. The van der Waals surface area contributed by atoms with Crippen LogP contribution in [0.1, 0.15) is 21.5 Å². The molecule has 1 aliphatic rings. The molecule has 1 fully saturated rings. The van der Waals surface area contributed by atoms with Gasteiger partial charge in [-0.15, -0.1) is 0 Å². The fraction of sp³-hybridized carbons (Fsp3) is 0.364. The maximum atomic E-state index is 13.0. The van der Waals surface area contributed by atoms with Gasteiger partial charge in [-0.25, -0.2) is 17.5 Å². The van der Waals surface area contributed by atoms with E-state index in [1.807, 2.05) is 4.90 Å². The van der Waals surface area contributed by atoms with E-state index in [4.69, 9.17) is 0 Å². The number of carbonyl (C=O) groups excluding carboxylic acids is 2. The van der Waals surface area contributed by atoms with E-state index >= 15 is 0 Å². The number of hydrogen-bond donors (Lipinski definition) is 2. The molecule has 0 unspecified atom stereocenters. The number of carbonyl (C=O) groups is 2. The van der Waals surface area contributed by atoms with Gasteiger partial charge in [-0.3, -0.25) is 14.5 Å². The van der Waals surface area contributed by atoms with Gasteiger partial charge >= 0.3 is 0 Å². The average Bonchev–Trinajstić information content (AvgIpc) is 2.77. The molecule has 3 rings (SSSR count). The Bertz CT molecular complexity index is 1110. The van der Waals surface area contributed by atoms with Crippen LogP contribution in [0.15, 0.2) is 41.3 Å². The number of sulfonamides is 1. The van der Waals surface area contributed by atoms with Crippen molar-refractivity contribution in [3.05, 3.63) is 58.9 Å². The third-order valence-corrected chi connectivity index (χ3v) is 7.12. The van der Waals surface area contributed by atoms with E-state index in [9.17, 15) is 22.4 Å². The Balaban J connectivity index is 1.61. The number of aryl methyl sites for hydroxylation is 1. The molecule has 8 nitrogen and oxygen atoms in total. The fourth-order valence-corrected chi connectivity index (χ4v) is 4.63. The molecular formula is C22H27FN4O4S. The highest BCUT2D eigenvalue weighted by Crippen LogP contribution is 2.22. The summed E-state index contributed by atoms with van der Waals surface area (Å²) in [6, 6.07) is 8.67. The van der Waals surface area contributed by atoms with Gasteiger partial charge in [0.1, 0.15) is 5.82 Å². The Morgan fingerprint density at radius 1 is 1.03 bits per heavy atom. The van der Waals surface area contributed by atoms with Crippen molar-refractivity contribution >= 4 is 27.5 Å². The minimum Gasteiger partial charge on any atom is -0.336 e. The Labute approximate surface area is 187 Å². The molecule has 0 atom stereocenters. The third-order valence-electron chi connectivity index (χ3n) is 5.58. The van der Waals surface area contributed by atoms with Crippen molar-refractivity contribution in [3.8, 4) is 0 Å². The lowest BCUT2D eigenvalue weighted by molar-refractivity contribution is -0.117. The van der Waals surface area contributed by atoms with Crippen LogP contribution in [0.2, 0.25) is 0 Å². The van der Waals surface area contributed by atoms with E-state index in [1.165, 1.54) is 37.4 Å². The molecule has 1 saturated heterocycles. The summed E-state index contributed by atoms with van der Waals surface area (Å²) >= 11 is 0. The van der Waals surface area contributed by atoms with Crippen LogP contribution in [0.4, 0.5) is 10.1 Å². The number of halogens is 1. The molecule has 0 saturated carbocycles. The van der Waals surface area contributed by atoms with Crippen LogP contribution >= 0.6 is 0 Å². The van der Waals surface area contributed by atoms with E-state index < -0.39 is 10.0 Å². The first-order chi connectivity index (χ1) is 15.1. The van der Waals surface area contributed by atoms with E-state index in [0.29, 0.717) is 43.0 Å². The molecule has 172 valence electrons. The molecule has 1 heterocycles. The average molecular weight is 463 g/mol. The van der Waals surface area contributed by atoms with Gasteiger partial charge in [0.05, 0.1) is 11.4 Å². The molecule has 0 aliphatic carbocycles. The highest BCUT2D eigenvalue weighted by atomic mass is 32.2. The summed E-state index contributed by atoms with van der Waals surface area (Å²) in [5.74, 6) is -0.827. The van der Waals surface area contributed by atoms with Crippen molar-refractivity contribution < 1.29 is 22.4 Å². The fourth-order valence-electron chi connectivity index (χ4n) is 3.57. The number of anilines is 1. The lowest BCUT2D eigenvalue weighted by Gasteiger charge is -2.34. The topological polar surface area (TPSA) is 98.8 Å². The zero-order valence-electron chi connectivity index (χ0n) is 18.3. The van der Waals surface area contributed by atoms with E-state index in [1.54, 1.807) is 24.8 Å². The summed E-state index contributed by atoms with van der Waals surface area (Å²) in [6.07, 6.45) is 0. The van der Waals surface area contributed by atoms with Crippen LogP contribution < -0.4 is 10.0 Å². The minimum absolute atomic E-state index is 0.0967. The molecule has 32 heavy (non-hydrogen) atoms. The van der Waals surface area contributed by atoms with Gasteiger partial charge in [0.2, 0.25) is 15.9 Å². The summed E-state index contributed by atoms with van der Waals surface area (Å²) in [7, 11) is -2.35. The molecular weight excluding hydrogens is 435 g/mol. The Hall–Kier alpha value is -2.82. The Kier molecular flexibility index (Phi) is 7.27. The third kappa shape index (κ3) is 5.50. The lowest BCUT2D eigenvalue weighted by Crippen LogP contribution is -2.50. The first-order valence-corrected chi connectivity index (χ1v) is 11.7. The maximum Gasteiger partial charge on any atom is 0.253 e. The van der Waals surface area contributed by atoms with Crippen LogP contribution in [-0.2, 0) is 14.8 Å². The summed E-state index contributed by atoms with van der Waals surface area (Å²) in [4.78, 5) is 28.9. The second kappa shape index (κ2) is 9.76. The number of rotatable bonds is 6. The van der Waals surface area contributed by atoms with Crippen molar-refractivity contribution in [1.82, 2.24) is 14.5 Å². The number of benzene rings is 2.